The molecule has 9 heteroatoms. The Bertz CT molecular complexity index is 1390. The van der Waals surface area contributed by atoms with E-state index >= 15 is 0 Å². The lowest BCUT2D eigenvalue weighted by atomic mass is 9.97. The highest BCUT2D eigenvalue weighted by Gasteiger charge is 2.39. The maximum absolute atomic E-state index is 14.2. The van der Waals surface area contributed by atoms with E-state index in [0.29, 0.717) is 38.4 Å². The van der Waals surface area contributed by atoms with Gasteiger partial charge >= 0.3 is 5.97 Å². The Morgan fingerprint density at radius 2 is 1.69 bits per heavy atom. The summed E-state index contributed by atoms with van der Waals surface area (Å²) >= 11 is 0. The van der Waals surface area contributed by atoms with Crippen LogP contribution in [0.15, 0.2) is 89.8 Å². The Morgan fingerprint density at radius 3 is 2.38 bits per heavy atom. The van der Waals surface area contributed by atoms with E-state index in [1.54, 1.807) is 6.08 Å². The highest BCUT2D eigenvalue weighted by molar-refractivity contribution is 7.89. The molecular formula is C30H31F2NO5S. The zero-order valence-corrected chi connectivity index (χ0v) is 22.1. The maximum Gasteiger partial charge on any atom is 0.303 e. The number of aliphatic carboxylic acids is 1. The van der Waals surface area contributed by atoms with E-state index in [1.807, 2.05) is 60.7 Å². The normalized spacial score (nSPS) is 19.5. The van der Waals surface area contributed by atoms with Gasteiger partial charge in [-0.1, -0.05) is 66.7 Å². The Morgan fingerprint density at radius 1 is 0.974 bits per heavy atom. The van der Waals surface area contributed by atoms with Gasteiger partial charge in [0, 0.05) is 24.4 Å². The molecule has 0 spiro atoms. The predicted octanol–water partition coefficient (Wildman–Crippen LogP) is 6.09. The number of allylic oxidation sites excluding steroid dienone is 2. The average molecular weight is 556 g/mol. The molecule has 0 aliphatic heterocycles. The first-order valence-corrected chi connectivity index (χ1v) is 14.3. The first-order chi connectivity index (χ1) is 18.7. The molecule has 0 unspecified atom stereocenters. The number of rotatable bonds is 12. The largest absolute Gasteiger partial charge is 0.481 e. The molecule has 0 amide bonds. The minimum Gasteiger partial charge on any atom is -0.481 e. The van der Waals surface area contributed by atoms with Gasteiger partial charge in [0.2, 0.25) is 10.0 Å². The van der Waals surface area contributed by atoms with E-state index in [0.717, 1.165) is 28.8 Å². The molecule has 0 heterocycles. The number of halogens is 2. The molecule has 0 bridgehead atoms. The van der Waals surface area contributed by atoms with Crippen molar-refractivity contribution in [2.24, 2.45) is 5.92 Å². The Kier molecular flexibility index (Phi) is 9.61. The lowest BCUT2D eigenvalue weighted by Gasteiger charge is -2.25. The van der Waals surface area contributed by atoms with Gasteiger partial charge in [-0.25, -0.2) is 21.9 Å². The van der Waals surface area contributed by atoms with Crippen LogP contribution in [0.3, 0.4) is 0 Å². The molecule has 1 aliphatic carbocycles. The van der Waals surface area contributed by atoms with Crippen molar-refractivity contribution in [3.8, 4) is 11.1 Å². The number of hydrogen-bond acceptors (Lipinski definition) is 4. The van der Waals surface area contributed by atoms with Crippen LogP contribution >= 0.6 is 0 Å². The van der Waals surface area contributed by atoms with Crippen molar-refractivity contribution < 1.29 is 31.8 Å². The second-order valence-electron chi connectivity index (χ2n) is 9.60. The fraction of sp³-hybridized carbons (Fsp3) is 0.300. The van der Waals surface area contributed by atoms with E-state index in [2.05, 4.69) is 4.72 Å². The van der Waals surface area contributed by atoms with E-state index in [9.17, 15) is 22.0 Å². The number of carboxylic acid groups (broad SMARTS) is 1. The third kappa shape index (κ3) is 7.81. The van der Waals surface area contributed by atoms with Gasteiger partial charge in [0.1, 0.15) is 16.5 Å². The Labute approximate surface area is 227 Å². The summed E-state index contributed by atoms with van der Waals surface area (Å²) in [5.41, 5.74) is 3.18. The molecule has 0 radical (unpaired) electrons. The van der Waals surface area contributed by atoms with Crippen LogP contribution in [0.5, 0.6) is 0 Å². The highest BCUT2D eigenvalue weighted by atomic mass is 32.2. The molecule has 1 aliphatic rings. The monoisotopic (exact) mass is 555 g/mol. The minimum absolute atomic E-state index is 0.0000263. The second-order valence-corrected chi connectivity index (χ2v) is 11.3. The van der Waals surface area contributed by atoms with E-state index in [-0.39, 0.29) is 18.4 Å². The van der Waals surface area contributed by atoms with Crippen molar-refractivity contribution in [1.29, 1.82) is 0 Å². The van der Waals surface area contributed by atoms with Crippen LogP contribution in [0.25, 0.3) is 11.1 Å². The molecule has 3 aromatic rings. The van der Waals surface area contributed by atoms with Crippen LogP contribution in [-0.4, -0.2) is 31.6 Å². The molecule has 0 aromatic heterocycles. The van der Waals surface area contributed by atoms with E-state index < -0.39 is 38.6 Å². The fourth-order valence-electron chi connectivity index (χ4n) is 4.86. The molecule has 3 atom stereocenters. The molecule has 39 heavy (non-hydrogen) atoms. The molecule has 6 nitrogen and oxygen atoms in total. The van der Waals surface area contributed by atoms with Crippen LogP contribution in [0.2, 0.25) is 0 Å². The van der Waals surface area contributed by atoms with Crippen LogP contribution in [0.4, 0.5) is 8.78 Å². The van der Waals surface area contributed by atoms with Crippen molar-refractivity contribution in [2.75, 3.05) is 0 Å². The number of nitrogens with one attached hydrogen (secondary N) is 1. The molecule has 1 saturated carbocycles. The first-order valence-electron chi connectivity index (χ1n) is 12.8. The molecular weight excluding hydrogens is 524 g/mol. The second kappa shape index (κ2) is 13.1. The lowest BCUT2D eigenvalue weighted by molar-refractivity contribution is -0.136. The third-order valence-electron chi connectivity index (χ3n) is 6.87. The van der Waals surface area contributed by atoms with Gasteiger partial charge in [-0.2, -0.15) is 0 Å². The quantitative estimate of drug-likeness (QED) is 0.264. The van der Waals surface area contributed by atoms with Crippen molar-refractivity contribution in [1.82, 2.24) is 4.72 Å². The standard InChI is InChI=1S/C30H31F2NO5S/c31-24-15-18-29(26(32)19-24)39(36,37)33-27-16-17-28(25(27)9-5-2-6-10-30(34)35)38-20-21-11-13-23(14-12-21)22-7-3-1-4-8-22/h1-5,7-8,11-15,18-19,25,27-28,33H,6,9-10,16-17,20H2,(H,34,35)/t25-,27+,28+/m1/s1. The van der Waals surface area contributed by atoms with Gasteiger partial charge in [0.25, 0.3) is 0 Å². The van der Waals surface area contributed by atoms with Crippen molar-refractivity contribution in [3.05, 3.63) is 102 Å². The van der Waals surface area contributed by atoms with Gasteiger partial charge in [-0.05, 0) is 54.5 Å². The van der Waals surface area contributed by atoms with Gasteiger partial charge < -0.3 is 9.84 Å². The summed E-state index contributed by atoms with van der Waals surface area (Å²) in [6.45, 7) is 0.338. The molecule has 206 valence electrons. The average Bonchev–Trinajstić information content (AvgIpc) is 3.28. The predicted molar refractivity (Wildman–Crippen MR) is 144 cm³/mol. The number of carboxylic acids is 1. The topological polar surface area (TPSA) is 92.7 Å². The third-order valence-corrected chi connectivity index (χ3v) is 8.39. The summed E-state index contributed by atoms with van der Waals surface area (Å²) in [5.74, 6) is -3.17. The summed E-state index contributed by atoms with van der Waals surface area (Å²) in [4.78, 5) is 10.2. The Balaban J connectivity index is 1.45. The van der Waals surface area contributed by atoms with Gasteiger partial charge in [-0.3, -0.25) is 4.79 Å². The number of hydrogen-bond donors (Lipinski definition) is 2. The zero-order valence-electron chi connectivity index (χ0n) is 21.3. The number of sulfonamides is 1. The molecule has 2 N–H and O–H groups in total. The molecule has 1 fully saturated rings. The fourth-order valence-corrected chi connectivity index (χ4v) is 6.24. The summed E-state index contributed by atoms with van der Waals surface area (Å²) in [5, 5.41) is 8.86. The molecule has 4 rings (SSSR count). The van der Waals surface area contributed by atoms with Gasteiger partial charge in [0.05, 0.1) is 12.7 Å². The van der Waals surface area contributed by atoms with E-state index in [4.69, 9.17) is 9.84 Å². The van der Waals surface area contributed by atoms with Crippen molar-refractivity contribution in [3.63, 3.8) is 0 Å². The minimum atomic E-state index is -4.24. The maximum atomic E-state index is 14.2. The molecule has 0 saturated heterocycles. The SMILES string of the molecule is O=C(O)CCC=CC[C@@H]1[C@@H](NS(=O)(=O)c2ccc(F)cc2F)CC[C@@H]1OCc1ccc(-c2ccccc2)cc1. The number of carbonyl (C=O) groups is 1. The number of ether oxygens (including phenoxy) is 1. The lowest BCUT2D eigenvalue weighted by Crippen LogP contribution is -2.40. The highest BCUT2D eigenvalue weighted by Crippen LogP contribution is 2.34. The van der Waals surface area contributed by atoms with Gasteiger partial charge in [-0.15, -0.1) is 0 Å². The summed E-state index contributed by atoms with van der Waals surface area (Å²) in [6, 6.07) is 19.9. The summed E-state index contributed by atoms with van der Waals surface area (Å²) in [6.07, 6.45) is 5.21. The van der Waals surface area contributed by atoms with Crippen molar-refractivity contribution in [2.45, 2.75) is 55.8 Å². The summed E-state index contributed by atoms with van der Waals surface area (Å²) < 4.78 is 62.3. The van der Waals surface area contributed by atoms with Gasteiger partial charge in [0.15, 0.2) is 0 Å². The van der Waals surface area contributed by atoms with Crippen LogP contribution in [0.1, 0.15) is 37.7 Å². The number of benzene rings is 3. The van der Waals surface area contributed by atoms with Crippen LogP contribution in [-0.2, 0) is 26.2 Å². The zero-order chi connectivity index (χ0) is 27.8. The Hall–Kier alpha value is -3.40. The van der Waals surface area contributed by atoms with Crippen LogP contribution in [0, 0.1) is 17.6 Å². The molecule has 3 aromatic carbocycles. The van der Waals surface area contributed by atoms with Crippen molar-refractivity contribution >= 4 is 16.0 Å². The summed E-state index contributed by atoms with van der Waals surface area (Å²) in [7, 11) is -4.24. The van der Waals surface area contributed by atoms with E-state index in [1.165, 1.54) is 0 Å². The van der Waals surface area contributed by atoms with Crippen LogP contribution < -0.4 is 4.72 Å². The smallest absolute Gasteiger partial charge is 0.303 e. The first kappa shape index (κ1) is 28.6.